The van der Waals surface area contributed by atoms with Gasteiger partial charge in [0.1, 0.15) is 12.4 Å². The number of carbonyl (C=O) groups is 1. The van der Waals surface area contributed by atoms with E-state index in [4.69, 9.17) is 26.3 Å². The highest BCUT2D eigenvalue weighted by atomic mass is 35.5. The quantitative estimate of drug-likeness (QED) is 0.584. The Morgan fingerprint density at radius 2 is 1.96 bits per heavy atom. The number of halogens is 1. The lowest BCUT2D eigenvalue weighted by Crippen LogP contribution is -2.32. The zero-order valence-corrected chi connectivity index (χ0v) is 14.0. The molecule has 8 nitrogen and oxygen atoms in total. The molecule has 25 heavy (non-hydrogen) atoms. The molecule has 0 fully saturated rings. The Labute approximate surface area is 148 Å². The van der Waals surface area contributed by atoms with Crippen molar-refractivity contribution < 1.29 is 24.4 Å². The minimum Gasteiger partial charge on any atom is -0.489 e. The van der Waals surface area contributed by atoms with Crippen LogP contribution >= 0.6 is 11.6 Å². The fourth-order valence-corrected chi connectivity index (χ4v) is 2.04. The van der Waals surface area contributed by atoms with E-state index in [0.29, 0.717) is 10.1 Å². The zero-order chi connectivity index (χ0) is 18.4. The Hall–Kier alpha value is -3.00. The van der Waals surface area contributed by atoms with Crippen molar-refractivity contribution in [1.82, 2.24) is 5.06 Å². The predicted octanol–water partition coefficient (Wildman–Crippen LogP) is 4.12. The molecule has 9 heteroatoms. The highest BCUT2D eigenvalue weighted by molar-refractivity contribution is 6.30. The zero-order valence-electron chi connectivity index (χ0n) is 13.2. The van der Waals surface area contributed by atoms with Crippen molar-refractivity contribution in [3.05, 3.63) is 63.2 Å². The molecule has 0 heterocycles. The molecule has 0 aliphatic rings. The Morgan fingerprint density at radius 3 is 2.52 bits per heavy atom. The van der Waals surface area contributed by atoms with Gasteiger partial charge in [-0.05, 0) is 36.8 Å². The SMILES string of the molecule is CCN(Oc1ccc(OCc2ccc(Cl)cc2)cc1[N+](=O)[O-])C(=O)O. The number of hydrogen-bond donors (Lipinski definition) is 1. The van der Waals surface area contributed by atoms with Crippen LogP contribution in [0.25, 0.3) is 0 Å². The van der Waals surface area contributed by atoms with Crippen molar-refractivity contribution >= 4 is 23.4 Å². The molecule has 0 saturated carbocycles. The number of amides is 1. The molecule has 0 aliphatic carbocycles. The van der Waals surface area contributed by atoms with Crippen LogP contribution in [0.1, 0.15) is 12.5 Å². The lowest BCUT2D eigenvalue weighted by Gasteiger charge is -2.17. The first-order valence-electron chi connectivity index (χ1n) is 7.24. The summed E-state index contributed by atoms with van der Waals surface area (Å²) in [5.74, 6) is 0.0699. The van der Waals surface area contributed by atoms with Crippen LogP contribution in [0.15, 0.2) is 42.5 Å². The molecule has 1 N–H and O–H groups in total. The number of nitrogens with zero attached hydrogens (tertiary/aromatic N) is 2. The highest BCUT2D eigenvalue weighted by Crippen LogP contribution is 2.32. The molecular weight excluding hydrogens is 352 g/mol. The van der Waals surface area contributed by atoms with Crippen LogP contribution in [-0.2, 0) is 6.61 Å². The lowest BCUT2D eigenvalue weighted by atomic mass is 10.2. The molecule has 2 aromatic rings. The van der Waals surface area contributed by atoms with Gasteiger partial charge in [-0.25, -0.2) is 4.79 Å². The number of ether oxygens (including phenoxy) is 1. The first-order chi connectivity index (χ1) is 11.9. The average molecular weight is 367 g/mol. The second-order valence-corrected chi connectivity index (χ2v) is 5.31. The molecule has 0 unspecified atom stereocenters. The standard InChI is InChI=1S/C16H15ClN2O6/c1-2-18(16(20)21)25-15-8-7-13(9-14(15)19(22)23)24-10-11-3-5-12(17)6-4-11/h3-9H,2,10H2,1H3,(H,20,21). The molecule has 1 amide bonds. The molecule has 0 atom stereocenters. The molecule has 0 aliphatic heterocycles. The fourth-order valence-electron chi connectivity index (χ4n) is 1.91. The van der Waals surface area contributed by atoms with E-state index in [-0.39, 0.29) is 24.7 Å². The molecular formula is C16H15ClN2O6. The van der Waals surface area contributed by atoms with Gasteiger partial charge in [0.15, 0.2) is 0 Å². The smallest absolute Gasteiger partial charge is 0.440 e. The summed E-state index contributed by atoms with van der Waals surface area (Å²) in [7, 11) is 0. The van der Waals surface area contributed by atoms with E-state index >= 15 is 0 Å². The predicted molar refractivity (Wildman–Crippen MR) is 89.9 cm³/mol. The van der Waals surface area contributed by atoms with Crippen molar-refractivity contribution in [3.8, 4) is 11.5 Å². The number of carboxylic acid groups (broad SMARTS) is 1. The topological polar surface area (TPSA) is 102 Å². The third kappa shape index (κ3) is 4.98. The number of nitro benzene ring substituents is 1. The Morgan fingerprint density at radius 1 is 1.28 bits per heavy atom. The van der Waals surface area contributed by atoms with Gasteiger partial charge < -0.3 is 14.7 Å². The highest BCUT2D eigenvalue weighted by Gasteiger charge is 2.21. The van der Waals surface area contributed by atoms with Gasteiger partial charge in [-0.2, -0.15) is 0 Å². The van der Waals surface area contributed by atoms with Gasteiger partial charge in [0.2, 0.25) is 5.75 Å². The van der Waals surface area contributed by atoms with E-state index in [9.17, 15) is 14.9 Å². The van der Waals surface area contributed by atoms with Gasteiger partial charge in [-0.1, -0.05) is 23.7 Å². The van der Waals surface area contributed by atoms with Crippen LogP contribution in [0.2, 0.25) is 5.02 Å². The van der Waals surface area contributed by atoms with Crippen LogP contribution in [0, 0.1) is 10.1 Å². The number of rotatable bonds is 7. The summed E-state index contributed by atoms with van der Waals surface area (Å²) in [6.45, 7) is 1.76. The van der Waals surface area contributed by atoms with Gasteiger partial charge in [0, 0.05) is 5.02 Å². The van der Waals surface area contributed by atoms with Gasteiger partial charge in [-0.3, -0.25) is 10.1 Å². The molecule has 0 spiro atoms. The average Bonchev–Trinajstić information content (AvgIpc) is 2.59. The third-order valence-electron chi connectivity index (χ3n) is 3.15. The van der Waals surface area contributed by atoms with E-state index in [1.807, 2.05) is 0 Å². The van der Waals surface area contributed by atoms with E-state index in [0.717, 1.165) is 5.56 Å². The monoisotopic (exact) mass is 366 g/mol. The Balaban J connectivity index is 2.15. The van der Waals surface area contributed by atoms with Crippen molar-refractivity contribution in [2.45, 2.75) is 13.5 Å². The van der Waals surface area contributed by atoms with E-state index in [1.165, 1.54) is 18.2 Å². The second-order valence-electron chi connectivity index (χ2n) is 4.87. The molecule has 132 valence electrons. The minimum absolute atomic E-state index is 0.0152. The van der Waals surface area contributed by atoms with Gasteiger partial charge in [0.05, 0.1) is 17.5 Å². The summed E-state index contributed by atoms with van der Waals surface area (Å²) in [6.07, 6.45) is -1.35. The van der Waals surface area contributed by atoms with E-state index < -0.39 is 16.7 Å². The summed E-state index contributed by atoms with van der Waals surface area (Å²) in [6, 6.07) is 10.9. The number of hydroxylamine groups is 2. The molecule has 0 radical (unpaired) electrons. The summed E-state index contributed by atoms with van der Waals surface area (Å²) in [5.41, 5.74) is 0.448. The van der Waals surface area contributed by atoms with E-state index in [1.54, 1.807) is 31.2 Å². The van der Waals surface area contributed by atoms with Crippen LogP contribution in [-0.4, -0.2) is 27.7 Å². The van der Waals surface area contributed by atoms with Crippen molar-refractivity contribution in [3.63, 3.8) is 0 Å². The fraction of sp³-hybridized carbons (Fsp3) is 0.188. The molecule has 2 aromatic carbocycles. The van der Waals surface area contributed by atoms with E-state index in [2.05, 4.69) is 0 Å². The number of benzene rings is 2. The second kappa shape index (κ2) is 8.20. The van der Waals surface area contributed by atoms with Gasteiger partial charge in [-0.15, -0.1) is 5.06 Å². The van der Waals surface area contributed by atoms with Crippen LogP contribution < -0.4 is 9.57 Å². The summed E-state index contributed by atoms with van der Waals surface area (Å²) in [4.78, 5) is 26.6. The third-order valence-corrected chi connectivity index (χ3v) is 3.41. The molecule has 2 rings (SSSR count). The van der Waals surface area contributed by atoms with Gasteiger partial charge >= 0.3 is 11.8 Å². The van der Waals surface area contributed by atoms with Crippen molar-refractivity contribution in [1.29, 1.82) is 0 Å². The number of nitro groups is 1. The largest absolute Gasteiger partial charge is 0.489 e. The maximum atomic E-state index is 11.2. The normalized spacial score (nSPS) is 10.2. The molecule has 0 bridgehead atoms. The van der Waals surface area contributed by atoms with Crippen LogP contribution in [0.5, 0.6) is 11.5 Å². The summed E-state index contributed by atoms with van der Waals surface area (Å²) < 4.78 is 5.52. The Bertz CT molecular complexity index is 766. The van der Waals surface area contributed by atoms with Gasteiger partial charge in [0.25, 0.3) is 0 Å². The van der Waals surface area contributed by atoms with Crippen LogP contribution in [0.3, 0.4) is 0 Å². The Kier molecular flexibility index (Phi) is 6.02. The maximum absolute atomic E-state index is 11.2. The number of hydrogen-bond acceptors (Lipinski definition) is 5. The molecule has 0 saturated heterocycles. The lowest BCUT2D eigenvalue weighted by molar-refractivity contribution is -0.386. The summed E-state index contributed by atoms with van der Waals surface area (Å²) >= 11 is 5.80. The van der Waals surface area contributed by atoms with Crippen LogP contribution in [0.4, 0.5) is 10.5 Å². The van der Waals surface area contributed by atoms with Crippen molar-refractivity contribution in [2.75, 3.05) is 6.54 Å². The minimum atomic E-state index is -1.35. The van der Waals surface area contributed by atoms with Crippen molar-refractivity contribution in [2.24, 2.45) is 0 Å². The first kappa shape index (κ1) is 18.3. The maximum Gasteiger partial charge on any atom is 0.440 e. The molecule has 0 aromatic heterocycles. The summed E-state index contributed by atoms with van der Waals surface area (Å²) in [5, 5.41) is 21.4. The first-order valence-corrected chi connectivity index (χ1v) is 7.62.